The van der Waals surface area contributed by atoms with Crippen LogP contribution in [0.4, 0.5) is 21.5 Å². The molecule has 0 aliphatic carbocycles. The van der Waals surface area contributed by atoms with Crippen LogP contribution >= 0.6 is 11.6 Å². The van der Waals surface area contributed by atoms with Crippen LogP contribution in [0.1, 0.15) is 15.9 Å². The van der Waals surface area contributed by atoms with Crippen molar-refractivity contribution in [2.24, 2.45) is 0 Å². The highest BCUT2D eigenvalue weighted by molar-refractivity contribution is 6.31. The standard InChI is InChI=1S/C14H9ClFN3O5/c1-7-9(5-8(18(21)22)6-12(7)19(23)24)14(20)17-11-4-2-3-10(15)13(11)16/h2-6H,1H3,(H,17,20). The molecular weight excluding hydrogens is 345 g/mol. The molecule has 1 amide bonds. The molecule has 0 unspecified atom stereocenters. The minimum absolute atomic E-state index is 0.0782. The Balaban J connectivity index is 2.50. The highest BCUT2D eigenvalue weighted by atomic mass is 35.5. The van der Waals surface area contributed by atoms with E-state index in [0.29, 0.717) is 0 Å². The average molecular weight is 354 g/mol. The molecule has 0 aliphatic heterocycles. The zero-order chi connectivity index (χ0) is 18.0. The summed E-state index contributed by atoms with van der Waals surface area (Å²) in [5, 5.41) is 23.9. The molecule has 0 saturated carbocycles. The van der Waals surface area contributed by atoms with Crippen molar-refractivity contribution in [2.45, 2.75) is 6.92 Å². The summed E-state index contributed by atoms with van der Waals surface area (Å²) >= 11 is 5.60. The summed E-state index contributed by atoms with van der Waals surface area (Å²) in [6, 6.07) is 5.55. The Bertz CT molecular complexity index is 872. The highest BCUT2D eigenvalue weighted by Crippen LogP contribution is 2.29. The number of amides is 1. The molecule has 8 nitrogen and oxygen atoms in total. The van der Waals surface area contributed by atoms with Crippen molar-refractivity contribution in [2.75, 3.05) is 5.32 Å². The Morgan fingerprint density at radius 3 is 2.46 bits per heavy atom. The van der Waals surface area contributed by atoms with Gasteiger partial charge in [0.25, 0.3) is 17.3 Å². The second-order valence-corrected chi connectivity index (χ2v) is 5.11. The number of hydrogen-bond donors (Lipinski definition) is 1. The van der Waals surface area contributed by atoms with Crippen molar-refractivity contribution in [3.8, 4) is 0 Å². The summed E-state index contributed by atoms with van der Waals surface area (Å²) in [7, 11) is 0. The second-order valence-electron chi connectivity index (χ2n) is 4.71. The molecule has 0 spiro atoms. The fraction of sp³-hybridized carbons (Fsp3) is 0.0714. The topological polar surface area (TPSA) is 115 Å². The van der Waals surface area contributed by atoms with E-state index in [2.05, 4.69) is 5.32 Å². The van der Waals surface area contributed by atoms with Gasteiger partial charge in [-0.2, -0.15) is 0 Å². The number of benzene rings is 2. The number of non-ortho nitro benzene ring substituents is 1. The minimum Gasteiger partial charge on any atom is -0.319 e. The van der Waals surface area contributed by atoms with E-state index in [4.69, 9.17) is 11.6 Å². The van der Waals surface area contributed by atoms with Crippen LogP contribution in [0.2, 0.25) is 5.02 Å². The van der Waals surface area contributed by atoms with E-state index in [9.17, 15) is 29.4 Å². The predicted octanol–water partition coefficient (Wildman–Crippen LogP) is 3.86. The molecule has 2 aromatic rings. The first-order valence-electron chi connectivity index (χ1n) is 6.41. The fourth-order valence-electron chi connectivity index (χ4n) is 2.00. The first-order valence-corrected chi connectivity index (χ1v) is 6.79. The lowest BCUT2D eigenvalue weighted by Crippen LogP contribution is -2.15. The maximum absolute atomic E-state index is 13.8. The van der Waals surface area contributed by atoms with Gasteiger partial charge in [0, 0.05) is 11.6 Å². The van der Waals surface area contributed by atoms with Crippen molar-refractivity contribution in [1.82, 2.24) is 0 Å². The van der Waals surface area contributed by atoms with Crippen LogP contribution in [0, 0.1) is 33.0 Å². The quantitative estimate of drug-likeness (QED) is 0.661. The van der Waals surface area contributed by atoms with Crippen molar-refractivity contribution in [3.05, 3.63) is 72.5 Å². The van der Waals surface area contributed by atoms with E-state index in [1.807, 2.05) is 0 Å². The van der Waals surface area contributed by atoms with E-state index in [0.717, 1.165) is 12.1 Å². The van der Waals surface area contributed by atoms with Crippen molar-refractivity contribution >= 4 is 34.6 Å². The summed E-state index contributed by atoms with van der Waals surface area (Å²) in [6.45, 7) is 1.27. The minimum atomic E-state index is -0.930. The van der Waals surface area contributed by atoms with E-state index in [-0.39, 0.29) is 21.8 Å². The lowest BCUT2D eigenvalue weighted by atomic mass is 10.0. The summed E-state index contributed by atoms with van der Waals surface area (Å²) < 4.78 is 13.8. The number of rotatable bonds is 4. The van der Waals surface area contributed by atoms with Crippen LogP contribution in [-0.4, -0.2) is 15.8 Å². The molecule has 2 rings (SSSR count). The Kier molecular flexibility index (Phi) is 4.74. The summed E-state index contributed by atoms with van der Waals surface area (Å²) in [4.78, 5) is 32.5. The average Bonchev–Trinajstić information content (AvgIpc) is 2.51. The fourth-order valence-corrected chi connectivity index (χ4v) is 2.18. The van der Waals surface area contributed by atoms with Gasteiger partial charge in [0.1, 0.15) is 0 Å². The van der Waals surface area contributed by atoms with Crippen molar-refractivity contribution < 1.29 is 19.0 Å². The van der Waals surface area contributed by atoms with Gasteiger partial charge in [0.2, 0.25) is 0 Å². The van der Waals surface area contributed by atoms with Crippen LogP contribution in [0.15, 0.2) is 30.3 Å². The van der Waals surface area contributed by atoms with Gasteiger partial charge in [-0.3, -0.25) is 25.0 Å². The molecule has 0 radical (unpaired) electrons. The van der Waals surface area contributed by atoms with E-state index >= 15 is 0 Å². The number of nitrogens with zero attached hydrogens (tertiary/aromatic N) is 2. The van der Waals surface area contributed by atoms with Crippen molar-refractivity contribution in [1.29, 1.82) is 0 Å². The van der Waals surface area contributed by atoms with Crippen LogP contribution in [0.5, 0.6) is 0 Å². The largest absolute Gasteiger partial charge is 0.319 e. The van der Waals surface area contributed by atoms with Crippen LogP contribution in [-0.2, 0) is 0 Å². The molecule has 0 bridgehead atoms. The lowest BCUT2D eigenvalue weighted by Gasteiger charge is -2.09. The maximum Gasteiger partial charge on any atom is 0.279 e. The Morgan fingerprint density at radius 1 is 1.21 bits per heavy atom. The molecule has 0 heterocycles. The molecule has 10 heteroatoms. The SMILES string of the molecule is Cc1c(C(=O)Nc2cccc(Cl)c2F)cc([N+](=O)[O-])cc1[N+](=O)[O-]. The zero-order valence-electron chi connectivity index (χ0n) is 12.1. The second kappa shape index (κ2) is 6.59. The first kappa shape index (κ1) is 17.3. The Morgan fingerprint density at radius 2 is 1.88 bits per heavy atom. The van der Waals surface area contributed by atoms with Gasteiger partial charge in [-0.25, -0.2) is 4.39 Å². The third-order valence-electron chi connectivity index (χ3n) is 3.22. The van der Waals surface area contributed by atoms with Gasteiger partial charge in [0.15, 0.2) is 5.82 Å². The zero-order valence-corrected chi connectivity index (χ0v) is 12.8. The first-order chi connectivity index (χ1) is 11.2. The molecule has 124 valence electrons. The monoisotopic (exact) mass is 353 g/mol. The molecule has 0 atom stereocenters. The number of hydrogen-bond acceptors (Lipinski definition) is 5. The van der Waals surface area contributed by atoms with Gasteiger partial charge in [-0.1, -0.05) is 17.7 Å². The smallest absolute Gasteiger partial charge is 0.279 e. The molecule has 0 aromatic heterocycles. The van der Waals surface area contributed by atoms with Gasteiger partial charge in [0.05, 0.1) is 32.2 Å². The third-order valence-corrected chi connectivity index (χ3v) is 3.51. The summed E-state index contributed by atoms with van der Waals surface area (Å²) in [5.74, 6) is -1.81. The number of anilines is 1. The van der Waals surface area contributed by atoms with Gasteiger partial charge in [-0.15, -0.1) is 0 Å². The number of carbonyl (C=O) groups excluding carboxylic acids is 1. The lowest BCUT2D eigenvalue weighted by molar-refractivity contribution is -0.394. The molecule has 0 fully saturated rings. The number of nitro groups is 2. The van der Waals surface area contributed by atoms with Crippen LogP contribution in [0.3, 0.4) is 0 Å². The maximum atomic E-state index is 13.8. The van der Waals surface area contributed by atoms with Gasteiger partial charge >= 0.3 is 0 Å². The van der Waals surface area contributed by atoms with Crippen LogP contribution < -0.4 is 5.32 Å². The van der Waals surface area contributed by atoms with Crippen LogP contribution in [0.25, 0.3) is 0 Å². The molecular formula is C14H9ClFN3O5. The van der Waals surface area contributed by atoms with Gasteiger partial charge < -0.3 is 5.32 Å². The molecule has 0 aliphatic rings. The number of nitro benzene ring substituents is 2. The molecule has 24 heavy (non-hydrogen) atoms. The normalized spacial score (nSPS) is 10.3. The van der Waals surface area contributed by atoms with Crippen molar-refractivity contribution in [3.63, 3.8) is 0 Å². The third kappa shape index (κ3) is 3.30. The predicted molar refractivity (Wildman–Crippen MR) is 83.9 cm³/mol. The highest BCUT2D eigenvalue weighted by Gasteiger charge is 2.25. The number of carbonyl (C=O) groups is 1. The Labute approximate surface area is 139 Å². The number of nitrogens with one attached hydrogen (secondary N) is 1. The van der Waals surface area contributed by atoms with E-state index in [1.54, 1.807) is 0 Å². The van der Waals surface area contributed by atoms with Gasteiger partial charge in [-0.05, 0) is 19.1 Å². The Hall–Kier alpha value is -3.07. The summed E-state index contributed by atoms with van der Waals surface area (Å²) in [6.07, 6.45) is 0. The molecule has 0 saturated heterocycles. The van der Waals surface area contributed by atoms with E-state index < -0.39 is 32.9 Å². The summed E-state index contributed by atoms with van der Waals surface area (Å²) in [5.41, 5.74) is -1.84. The number of halogens is 2. The molecule has 1 N–H and O–H groups in total. The van der Waals surface area contributed by atoms with E-state index in [1.165, 1.54) is 25.1 Å². The molecule has 2 aromatic carbocycles.